The quantitative estimate of drug-likeness (QED) is 0.654. The van der Waals surface area contributed by atoms with Gasteiger partial charge >= 0.3 is 0 Å². The van der Waals surface area contributed by atoms with E-state index in [0.717, 1.165) is 33.8 Å². The zero-order valence-electron chi connectivity index (χ0n) is 9.86. The van der Waals surface area contributed by atoms with E-state index in [0.29, 0.717) is 0 Å². The molecule has 2 nitrogen and oxygen atoms in total. The smallest absolute Gasteiger partial charge is 0.0738 e. The second-order valence-electron chi connectivity index (χ2n) is 4.42. The first kappa shape index (κ1) is 14.7. The lowest BCUT2D eigenvalue weighted by Crippen LogP contribution is -2.25. The molecular weight excluding hydrogens is 400 g/mol. The highest BCUT2D eigenvalue weighted by molar-refractivity contribution is 9.10. The molecule has 0 unspecified atom stereocenters. The highest BCUT2D eigenvalue weighted by Gasteiger charge is 2.26. The van der Waals surface area contributed by atoms with Crippen LogP contribution >= 0.6 is 47.8 Å². The van der Waals surface area contributed by atoms with Crippen molar-refractivity contribution in [1.29, 1.82) is 0 Å². The second kappa shape index (κ2) is 6.01. The summed E-state index contributed by atoms with van der Waals surface area (Å²) in [7, 11) is 0. The Kier molecular flexibility index (Phi) is 5.52. The molecule has 1 aromatic heterocycles. The maximum absolute atomic E-state index is 4.52. The number of aromatic nitrogens is 2. The Balaban J connectivity index is 3.04. The number of rotatable bonds is 5. The van der Waals surface area contributed by atoms with E-state index in [1.807, 2.05) is 6.92 Å². The van der Waals surface area contributed by atoms with Gasteiger partial charge in [-0.3, -0.25) is 4.68 Å². The van der Waals surface area contributed by atoms with Crippen LogP contribution in [0, 0.1) is 12.3 Å². The summed E-state index contributed by atoms with van der Waals surface area (Å²) in [5, 5.41) is 6.48. The largest absolute Gasteiger partial charge is 0.268 e. The highest BCUT2D eigenvalue weighted by Crippen LogP contribution is 2.31. The third kappa shape index (κ3) is 3.10. The molecule has 92 valence electrons. The van der Waals surface area contributed by atoms with E-state index in [4.69, 9.17) is 0 Å². The molecule has 1 rings (SSSR count). The molecule has 0 aromatic carbocycles. The van der Waals surface area contributed by atoms with Gasteiger partial charge in [-0.15, -0.1) is 0 Å². The number of aryl methyl sites for hydroxylation is 2. The van der Waals surface area contributed by atoms with Crippen molar-refractivity contribution < 1.29 is 0 Å². The predicted octanol–water partition coefficient (Wildman–Crippen LogP) is 4.31. The molecule has 16 heavy (non-hydrogen) atoms. The maximum atomic E-state index is 4.52. The van der Waals surface area contributed by atoms with Crippen LogP contribution in [0.3, 0.4) is 0 Å². The van der Waals surface area contributed by atoms with Crippen molar-refractivity contribution >= 4 is 47.8 Å². The van der Waals surface area contributed by atoms with Crippen molar-refractivity contribution in [2.75, 3.05) is 10.7 Å². The van der Waals surface area contributed by atoms with Crippen molar-refractivity contribution in [2.45, 2.75) is 33.7 Å². The van der Waals surface area contributed by atoms with Gasteiger partial charge in [-0.2, -0.15) is 5.10 Å². The summed E-state index contributed by atoms with van der Waals surface area (Å²) in [5.41, 5.74) is 2.59. The Morgan fingerprint density at radius 3 is 2.31 bits per heavy atom. The molecule has 0 aliphatic heterocycles. The first-order valence-electron chi connectivity index (χ1n) is 5.31. The molecule has 0 radical (unpaired) electrons. The fourth-order valence-corrected chi connectivity index (χ4v) is 3.32. The van der Waals surface area contributed by atoms with Crippen LogP contribution in [-0.2, 0) is 13.0 Å². The molecule has 0 spiro atoms. The van der Waals surface area contributed by atoms with Crippen molar-refractivity contribution in [3.05, 3.63) is 15.9 Å². The van der Waals surface area contributed by atoms with E-state index in [2.05, 4.69) is 71.4 Å². The molecule has 1 heterocycles. The molecule has 0 saturated carbocycles. The van der Waals surface area contributed by atoms with Gasteiger partial charge in [0, 0.05) is 17.2 Å². The summed E-state index contributed by atoms with van der Waals surface area (Å²) in [4.78, 5) is 0. The van der Waals surface area contributed by atoms with Crippen LogP contribution in [0.25, 0.3) is 0 Å². The number of alkyl halides is 2. The summed E-state index contributed by atoms with van der Waals surface area (Å²) < 4.78 is 3.24. The molecule has 0 fully saturated rings. The average Bonchev–Trinajstić information content (AvgIpc) is 2.56. The normalized spacial score (nSPS) is 12.1. The Morgan fingerprint density at radius 2 is 1.88 bits per heavy atom. The minimum Gasteiger partial charge on any atom is -0.268 e. The summed E-state index contributed by atoms with van der Waals surface area (Å²) in [6.07, 6.45) is 1.01. The molecule has 0 saturated heterocycles. The van der Waals surface area contributed by atoms with Crippen molar-refractivity contribution in [2.24, 2.45) is 5.41 Å². The number of hydrogen-bond donors (Lipinski definition) is 0. The Hall–Kier alpha value is 0.650. The molecule has 0 bridgehead atoms. The third-order valence-corrected chi connectivity index (χ3v) is 6.43. The monoisotopic (exact) mass is 414 g/mol. The predicted molar refractivity (Wildman–Crippen MR) is 79.7 cm³/mol. The fourth-order valence-electron chi connectivity index (χ4n) is 1.57. The molecule has 5 heteroatoms. The molecule has 0 atom stereocenters. The van der Waals surface area contributed by atoms with Gasteiger partial charge in [-0.25, -0.2) is 0 Å². The van der Waals surface area contributed by atoms with Gasteiger partial charge in [0.2, 0.25) is 0 Å². The minimum atomic E-state index is 0.224. The van der Waals surface area contributed by atoms with Crippen LogP contribution < -0.4 is 0 Å². The van der Waals surface area contributed by atoms with Crippen LogP contribution in [0.5, 0.6) is 0 Å². The number of nitrogens with zero attached hydrogens (tertiary/aromatic N) is 2. The third-order valence-electron chi connectivity index (χ3n) is 2.69. The van der Waals surface area contributed by atoms with E-state index < -0.39 is 0 Å². The maximum Gasteiger partial charge on any atom is 0.0738 e. The minimum absolute atomic E-state index is 0.224. The van der Waals surface area contributed by atoms with E-state index in [9.17, 15) is 0 Å². The van der Waals surface area contributed by atoms with Gasteiger partial charge in [0.15, 0.2) is 0 Å². The Morgan fingerprint density at radius 1 is 1.31 bits per heavy atom. The van der Waals surface area contributed by atoms with Crippen LogP contribution in [0.4, 0.5) is 0 Å². The van der Waals surface area contributed by atoms with Crippen LogP contribution in [0.1, 0.15) is 25.2 Å². The summed E-state index contributed by atoms with van der Waals surface area (Å²) >= 11 is 10.8. The topological polar surface area (TPSA) is 17.8 Å². The van der Waals surface area contributed by atoms with E-state index in [1.165, 1.54) is 5.69 Å². The lowest BCUT2D eigenvalue weighted by atomic mass is 9.90. The van der Waals surface area contributed by atoms with Crippen LogP contribution in [0.2, 0.25) is 0 Å². The van der Waals surface area contributed by atoms with Gasteiger partial charge in [-0.1, -0.05) is 38.8 Å². The molecule has 0 amide bonds. The summed E-state index contributed by atoms with van der Waals surface area (Å²) in [6, 6.07) is 0. The Bertz CT molecular complexity index is 356. The van der Waals surface area contributed by atoms with E-state index >= 15 is 0 Å². The van der Waals surface area contributed by atoms with Crippen molar-refractivity contribution in [3.63, 3.8) is 0 Å². The lowest BCUT2D eigenvalue weighted by Gasteiger charge is -2.25. The fraction of sp³-hybridized carbons (Fsp3) is 0.727. The number of halogens is 3. The molecule has 1 aromatic rings. The molecule has 0 N–H and O–H groups in total. The van der Waals surface area contributed by atoms with Gasteiger partial charge in [0.25, 0.3) is 0 Å². The van der Waals surface area contributed by atoms with Crippen molar-refractivity contribution in [3.8, 4) is 0 Å². The van der Waals surface area contributed by atoms with Gasteiger partial charge < -0.3 is 0 Å². The van der Waals surface area contributed by atoms with Crippen LogP contribution in [0.15, 0.2) is 4.47 Å². The van der Waals surface area contributed by atoms with Crippen LogP contribution in [-0.4, -0.2) is 20.4 Å². The summed E-state index contributed by atoms with van der Waals surface area (Å²) in [5.74, 6) is 0. The van der Waals surface area contributed by atoms with Gasteiger partial charge in [-0.05, 0) is 41.6 Å². The first-order chi connectivity index (χ1) is 7.47. The summed E-state index contributed by atoms with van der Waals surface area (Å²) in [6.45, 7) is 7.36. The van der Waals surface area contributed by atoms with E-state index in [-0.39, 0.29) is 5.41 Å². The second-order valence-corrected chi connectivity index (χ2v) is 6.33. The lowest BCUT2D eigenvalue weighted by molar-refractivity contribution is 0.417. The van der Waals surface area contributed by atoms with Gasteiger partial charge in [0.05, 0.1) is 15.9 Å². The number of hydrogen-bond acceptors (Lipinski definition) is 1. The molecular formula is C11H17Br3N2. The average molecular weight is 417 g/mol. The zero-order chi connectivity index (χ0) is 12.3. The highest BCUT2D eigenvalue weighted by atomic mass is 79.9. The molecule has 0 aliphatic rings. The van der Waals surface area contributed by atoms with Crippen molar-refractivity contribution in [1.82, 2.24) is 9.78 Å². The van der Waals surface area contributed by atoms with Gasteiger partial charge in [0.1, 0.15) is 0 Å². The van der Waals surface area contributed by atoms with E-state index in [1.54, 1.807) is 0 Å². The first-order valence-corrected chi connectivity index (χ1v) is 8.34. The standard InChI is InChI=1S/C11H17Br3N2/c1-4-16-9(10(14)8(2)15-16)5-11(3,6-12)7-13/h4-7H2,1-3H3. The SMILES string of the molecule is CCn1nc(C)c(Br)c1CC(C)(CBr)CBr. The molecule has 0 aliphatic carbocycles. The zero-order valence-corrected chi connectivity index (χ0v) is 14.6. The Labute approximate surface area is 123 Å².